The van der Waals surface area contributed by atoms with E-state index in [9.17, 15) is 0 Å². The van der Waals surface area contributed by atoms with Crippen LogP contribution in [0, 0.1) is 3.57 Å². The first-order valence-electron chi connectivity index (χ1n) is 20.0. The van der Waals surface area contributed by atoms with Crippen LogP contribution in [0.15, 0.2) is 167 Å². The molecule has 0 spiro atoms. The summed E-state index contributed by atoms with van der Waals surface area (Å²) in [5.74, 6) is 0.757. The summed E-state index contributed by atoms with van der Waals surface area (Å²) in [6.45, 7) is 8.18. The second-order valence-electron chi connectivity index (χ2n) is 15.6. The monoisotopic (exact) mass is 1090 g/mol. The van der Waals surface area contributed by atoms with Gasteiger partial charge >= 0.3 is 7.12 Å². The van der Waals surface area contributed by atoms with Gasteiger partial charge in [0.25, 0.3) is 0 Å². The lowest BCUT2D eigenvalue weighted by atomic mass is 9.88. The van der Waals surface area contributed by atoms with E-state index in [-0.39, 0.29) is 0 Å². The molecule has 6 aromatic carbocycles. The summed E-state index contributed by atoms with van der Waals surface area (Å²) in [7, 11) is -0.587. The zero-order valence-electron chi connectivity index (χ0n) is 34.1. The van der Waals surface area contributed by atoms with Gasteiger partial charge < -0.3 is 9.31 Å². The van der Waals surface area contributed by atoms with Crippen molar-refractivity contribution in [2.24, 2.45) is 0 Å². The summed E-state index contributed by atoms with van der Waals surface area (Å²) in [5.41, 5.74) is 6.82. The van der Waals surface area contributed by atoms with Crippen LogP contribution in [-0.4, -0.2) is 38.3 Å². The van der Waals surface area contributed by atoms with E-state index in [0.717, 1.165) is 68.7 Å². The Bertz CT molecular complexity index is 3150. The minimum Gasteiger partial charge on any atom is -0.397 e. The Kier molecular flexibility index (Phi) is 12.4. The summed E-state index contributed by atoms with van der Waals surface area (Å²) < 4.78 is 20.6. The van der Waals surface area contributed by atoms with Gasteiger partial charge in [-0.1, -0.05) is 141 Å². The van der Waals surface area contributed by atoms with Gasteiger partial charge in [0.1, 0.15) is 0 Å². The van der Waals surface area contributed by atoms with Crippen LogP contribution in [-0.2, 0) is 9.31 Å². The highest BCUT2D eigenvalue weighted by Gasteiger charge is 2.53. The van der Waals surface area contributed by atoms with Crippen molar-refractivity contribution in [3.63, 3.8) is 0 Å². The van der Waals surface area contributed by atoms with E-state index in [2.05, 4.69) is 158 Å². The molecule has 1 fully saturated rings. The predicted molar refractivity (Wildman–Crippen MR) is 276 cm³/mol. The van der Waals surface area contributed by atoms with E-state index in [4.69, 9.17) is 29.2 Å². The Morgan fingerprint density at radius 3 is 1.42 bits per heavy atom. The molecule has 6 nitrogen and oxygen atoms in total. The highest BCUT2D eigenvalue weighted by molar-refractivity contribution is 14.1. The first-order chi connectivity index (χ1) is 29.9. The van der Waals surface area contributed by atoms with Crippen molar-refractivity contribution < 1.29 is 9.31 Å². The maximum Gasteiger partial charge on any atom is 0.534 e. The fourth-order valence-corrected chi connectivity index (χ4v) is 10.2. The van der Waals surface area contributed by atoms with Crippen molar-refractivity contribution in [2.45, 2.75) is 38.9 Å². The number of benzene rings is 6. The Morgan fingerprint density at radius 2 is 0.919 bits per heavy atom. The summed E-state index contributed by atoms with van der Waals surface area (Å²) in [4.78, 5) is 19.7. The predicted octanol–water partition coefficient (Wildman–Crippen LogP) is 14.8. The first-order valence-corrected chi connectivity index (χ1v) is 24.3. The van der Waals surface area contributed by atoms with Gasteiger partial charge in [-0.25, -0.2) is 19.9 Å². The highest BCUT2D eigenvalue weighted by atomic mass is 127. The lowest BCUT2D eigenvalue weighted by molar-refractivity contribution is 0.00578. The van der Waals surface area contributed by atoms with Crippen molar-refractivity contribution in [1.82, 2.24) is 19.9 Å². The molecular weight excluding hydrogens is 1050 g/mol. The molecule has 0 radical (unpaired) electrons. The average molecular weight is 1090 g/mol. The summed E-state index contributed by atoms with van der Waals surface area (Å²) in [6.07, 6.45) is 0. The van der Waals surface area contributed by atoms with E-state index in [0.29, 0.717) is 5.72 Å². The Balaban J connectivity index is 0.000000135. The molecule has 1 aliphatic heterocycles. The van der Waals surface area contributed by atoms with E-state index in [1.165, 1.54) is 18.4 Å². The van der Waals surface area contributed by atoms with Crippen molar-refractivity contribution in [3.05, 3.63) is 170 Å². The number of rotatable bonds is 4. The lowest BCUT2D eigenvalue weighted by Crippen LogP contribution is -2.41. The molecule has 10 aromatic rings. The zero-order chi connectivity index (χ0) is 43.0. The molecule has 5 heterocycles. The van der Waals surface area contributed by atoms with Crippen LogP contribution < -0.4 is 5.72 Å². The van der Waals surface area contributed by atoms with E-state index >= 15 is 0 Å². The molecule has 306 valence electrons. The van der Waals surface area contributed by atoms with Crippen LogP contribution in [0.1, 0.15) is 27.7 Å². The third kappa shape index (κ3) is 8.88. The number of thiophene rings is 2. The normalized spacial score (nSPS) is 14.1. The molecule has 0 aliphatic carbocycles. The Labute approximate surface area is 399 Å². The summed E-state index contributed by atoms with van der Waals surface area (Å²) >= 11 is 12.6. The van der Waals surface area contributed by atoms with Crippen LogP contribution >= 0.6 is 77.1 Å². The van der Waals surface area contributed by atoms with Crippen molar-refractivity contribution >= 4 is 131 Å². The summed E-state index contributed by atoms with van der Waals surface area (Å²) in [6, 6.07) is 53.7. The molecule has 4 aromatic heterocycles. The molecule has 0 atom stereocenters. The molecule has 0 unspecified atom stereocenters. The summed E-state index contributed by atoms with van der Waals surface area (Å²) in [5, 5.41) is 2.32. The van der Waals surface area contributed by atoms with Gasteiger partial charge in [-0.2, -0.15) is 0 Å². The molecule has 62 heavy (non-hydrogen) atoms. The van der Waals surface area contributed by atoms with Crippen molar-refractivity contribution in [1.29, 1.82) is 0 Å². The maximum atomic E-state index is 6.23. The highest BCUT2D eigenvalue weighted by Crippen LogP contribution is 2.41. The molecular formula is C50H38BBr2IN4O2S2. The molecule has 1 saturated heterocycles. The second-order valence-corrected chi connectivity index (χ2v) is 20.8. The van der Waals surface area contributed by atoms with Gasteiger partial charge in [0.05, 0.1) is 43.0 Å². The number of fused-ring (bicyclic) bond motifs is 6. The molecule has 0 saturated carbocycles. The maximum absolute atomic E-state index is 6.23. The van der Waals surface area contributed by atoms with Gasteiger partial charge in [0.15, 0.2) is 11.5 Å². The van der Waals surface area contributed by atoms with Crippen molar-refractivity contribution in [2.75, 3.05) is 0 Å². The first kappa shape index (κ1) is 42.9. The molecule has 11 rings (SSSR count). The number of nitrogens with zero attached hydrogens (tertiary/aromatic N) is 4. The number of hydrogen-bond donors (Lipinski definition) is 0. The van der Waals surface area contributed by atoms with E-state index < -0.39 is 18.3 Å². The van der Waals surface area contributed by atoms with Gasteiger partial charge in [-0.05, 0) is 98.8 Å². The molecule has 0 amide bonds. The van der Waals surface area contributed by atoms with Crippen molar-refractivity contribution in [3.8, 4) is 33.9 Å². The molecule has 1 aliphatic rings. The second kappa shape index (κ2) is 18.0. The van der Waals surface area contributed by atoms with Crippen LogP contribution in [0.4, 0.5) is 0 Å². The lowest BCUT2D eigenvalue weighted by Gasteiger charge is -2.32. The SMILES string of the molecule is Brc1ccc(-c2nc(-c3ccccc3)c3sc4ccccc4c3n2)cc1.Brc1ccc(I)cc1.CC1(C)OB(c2nc(-c3ccccc3)c3sc4ccccc4c3n2)OC1(C)C. The third-order valence-corrected chi connectivity index (χ3v) is 15.0. The minimum atomic E-state index is -0.587. The standard InChI is InChI=1S/C22H21BN2O2S.C22H13BrN2S.C6H4BrI/c1-21(2)22(3,4)27-23(26-21)20-24-17(14-10-6-5-7-11-14)19-18(25-20)15-12-8-9-13-16(15)28-19;23-16-12-10-15(11-13-16)22-24-19(14-6-2-1-3-7-14)21-20(25-22)17-8-4-5-9-18(17)26-21;7-5-1-3-6(8)4-2-5/h5-13H,1-4H3;1-13H;1-4H. The topological polar surface area (TPSA) is 70.0 Å². The fraction of sp³-hybridized carbons (Fsp3) is 0.120. The number of aromatic nitrogens is 4. The van der Waals surface area contributed by atoms with E-state index in [1.54, 1.807) is 22.7 Å². The number of halogens is 3. The van der Waals surface area contributed by atoms with Crippen LogP contribution in [0.5, 0.6) is 0 Å². The molecule has 0 bridgehead atoms. The number of hydrogen-bond acceptors (Lipinski definition) is 8. The largest absolute Gasteiger partial charge is 0.534 e. The minimum absolute atomic E-state index is 0.431. The molecule has 12 heteroatoms. The average Bonchev–Trinajstić information content (AvgIpc) is 3.93. The Hall–Kier alpha value is -4.41. The van der Waals surface area contributed by atoms with Gasteiger partial charge in [0.2, 0.25) is 0 Å². The van der Waals surface area contributed by atoms with Gasteiger partial charge in [-0.3, -0.25) is 0 Å². The Morgan fingerprint density at radius 1 is 0.484 bits per heavy atom. The quantitative estimate of drug-likeness (QED) is 0.129. The molecule has 0 N–H and O–H groups in total. The smallest absolute Gasteiger partial charge is 0.397 e. The van der Waals surface area contributed by atoms with E-state index in [1.807, 2.05) is 82.3 Å². The van der Waals surface area contributed by atoms with Crippen LogP contribution in [0.25, 0.3) is 74.5 Å². The third-order valence-electron chi connectivity index (χ3n) is 10.9. The van der Waals surface area contributed by atoms with Gasteiger partial charge in [-0.15, -0.1) is 22.7 Å². The fourth-order valence-electron chi connectivity index (χ4n) is 6.99. The zero-order valence-corrected chi connectivity index (χ0v) is 41.1. The van der Waals surface area contributed by atoms with Crippen LogP contribution in [0.2, 0.25) is 0 Å². The van der Waals surface area contributed by atoms with Gasteiger partial charge in [0, 0.05) is 49.4 Å². The van der Waals surface area contributed by atoms with Crippen LogP contribution in [0.3, 0.4) is 0 Å².